The number of amides is 1. The summed E-state index contributed by atoms with van der Waals surface area (Å²) in [5.41, 5.74) is 1.48. The minimum absolute atomic E-state index is 0.0121. The average Bonchev–Trinajstić information content (AvgIpc) is 3.20. The second-order valence-electron chi connectivity index (χ2n) is 6.17. The van der Waals surface area contributed by atoms with Gasteiger partial charge in [0, 0.05) is 10.9 Å². The Morgan fingerprint density at radius 1 is 1.06 bits per heavy atom. The number of hydrogen-bond acceptors (Lipinski definition) is 7. The molecule has 0 saturated heterocycles. The Morgan fingerprint density at radius 2 is 1.74 bits per heavy atom. The molecule has 1 N–H and O–H groups in total. The number of carbonyl (C=O) groups is 1. The van der Waals surface area contributed by atoms with Crippen LogP contribution in [0.1, 0.15) is 5.56 Å². The predicted octanol–water partition coefficient (Wildman–Crippen LogP) is 4.62. The summed E-state index contributed by atoms with van der Waals surface area (Å²) >= 11 is 1.18. The summed E-state index contributed by atoms with van der Waals surface area (Å²) in [6, 6.07) is 9.71. The summed E-state index contributed by atoms with van der Waals surface area (Å²) < 4.78 is 45.7. The van der Waals surface area contributed by atoms with Crippen molar-refractivity contribution in [2.45, 2.75) is 13.0 Å². The Morgan fingerprint density at radius 3 is 2.35 bits per heavy atom. The summed E-state index contributed by atoms with van der Waals surface area (Å²) in [6.07, 6.45) is 0.0384. The molecule has 1 amide bonds. The van der Waals surface area contributed by atoms with Gasteiger partial charge in [-0.25, -0.2) is 4.98 Å². The molecule has 0 saturated carbocycles. The SMILES string of the molecule is COc1cc(CC(=O)Nc2nc(-c3ccccc3OC(F)F)cs2)cc(OC)c1OC. The smallest absolute Gasteiger partial charge is 0.387 e. The zero-order valence-corrected chi connectivity index (χ0v) is 17.8. The lowest BCUT2D eigenvalue weighted by Gasteiger charge is -2.13. The molecule has 0 aliphatic carbocycles. The van der Waals surface area contributed by atoms with Crippen molar-refractivity contribution in [2.24, 2.45) is 0 Å². The molecular formula is C21H20F2N2O5S. The van der Waals surface area contributed by atoms with Crippen molar-refractivity contribution in [3.63, 3.8) is 0 Å². The van der Waals surface area contributed by atoms with Gasteiger partial charge in [0.25, 0.3) is 0 Å². The maximum Gasteiger partial charge on any atom is 0.387 e. The van der Waals surface area contributed by atoms with Crippen LogP contribution in [0.5, 0.6) is 23.0 Å². The first-order chi connectivity index (χ1) is 14.9. The van der Waals surface area contributed by atoms with Crippen molar-refractivity contribution >= 4 is 22.4 Å². The zero-order valence-electron chi connectivity index (χ0n) is 17.0. The second kappa shape index (κ2) is 10.1. The molecule has 0 aliphatic heterocycles. The molecule has 0 aliphatic rings. The first-order valence-electron chi connectivity index (χ1n) is 9.03. The van der Waals surface area contributed by atoms with Gasteiger partial charge < -0.3 is 24.3 Å². The van der Waals surface area contributed by atoms with E-state index in [1.807, 2.05) is 0 Å². The number of methoxy groups -OCH3 is 3. The van der Waals surface area contributed by atoms with Crippen LogP contribution in [-0.4, -0.2) is 38.8 Å². The molecule has 0 spiro atoms. The summed E-state index contributed by atoms with van der Waals surface area (Å²) in [5.74, 6) is 1.02. The van der Waals surface area contributed by atoms with Crippen LogP contribution in [0.4, 0.5) is 13.9 Å². The van der Waals surface area contributed by atoms with Gasteiger partial charge in [-0.1, -0.05) is 12.1 Å². The van der Waals surface area contributed by atoms with Gasteiger partial charge in [0.2, 0.25) is 11.7 Å². The Hall–Kier alpha value is -3.40. The van der Waals surface area contributed by atoms with E-state index < -0.39 is 6.61 Å². The summed E-state index contributed by atoms with van der Waals surface area (Å²) in [6.45, 7) is -2.95. The van der Waals surface area contributed by atoms with Crippen LogP contribution >= 0.6 is 11.3 Å². The zero-order chi connectivity index (χ0) is 22.4. The fourth-order valence-corrected chi connectivity index (χ4v) is 3.64. The van der Waals surface area contributed by atoms with Crippen molar-refractivity contribution in [3.8, 4) is 34.3 Å². The highest BCUT2D eigenvalue weighted by Gasteiger charge is 2.17. The first kappa shape index (κ1) is 22.3. The van der Waals surface area contributed by atoms with Crippen LogP contribution in [0.2, 0.25) is 0 Å². The largest absolute Gasteiger partial charge is 0.493 e. The number of carbonyl (C=O) groups excluding carboxylic acids is 1. The van der Waals surface area contributed by atoms with E-state index in [2.05, 4.69) is 15.0 Å². The van der Waals surface area contributed by atoms with Crippen molar-refractivity contribution in [2.75, 3.05) is 26.6 Å². The van der Waals surface area contributed by atoms with E-state index in [-0.39, 0.29) is 18.1 Å². The third-order valence-electron chi connectivity index (χ3n) is 4.22. The minimum atomic E-state index is -2.95. The number of benzene rings is 2. The molecule has 0 fully saturated rings. The van der Waals surface area contributed by atoms with E-state index >= 15 is 0 Å². The van der Waals surface area contributed by atoms with Crippen molar-refractivity contribution in [1.29, 1.82) is 0 Å². The number of anilines is 1. The van der Waals surface area contributed by atoms with Crippen molar-refractivity contribution in [1.82, 2.24) is 4.98 Å². The van der Waals surface area contributed by atoms with Crippen LogP contribution in [0.3, 0.4) is 0 Å². The van der Waals surface area contributed by atoms with Crippen molar-refractivity contribution in [3.05, 3.63) is 47.3 Å². The van der Waals surface area contributed by atoms with E-state index in [1.165, 1.54) is 38.7 Å². The predicted molar refractivity (Wildman–Crippen MR) is 113 cm³/mol. The summed E-state index contributed by atoms with van der Waals surface area (Å²) in [5, 5.41) is 4.70. The topological polar surface area (TPSA) is 78.9 Å². The molecule has 3 rings (SSSR count). The molecule has 2 aromatic carbocycles. The molecule has 7 nitrogen and oxygen atoms in total. The third-order valence-corrected chi connectivity index (χ3v) is 4.98. The number of halogens is 2. The van der Waals surface area contributed by atoms with E-state index in [0.717, 1.165) is 0 Å². The van der Waals surface area contributed by atoms with Gasteiger partial charge in [0.05, 0.1) is 33.4 Å². The van der Waals surface area contributed by atoms with E-state index in [4.69, 9.17) is 14.2 Å². The van der Waals surface area contributed by atoms with Crippen LogP contribution in [0.25, 0.3) is 11.3 Å². The number of para-hydroxylation sites is 1. The number of alkyl halides is 2. The lowest BCUT2D eigenvalue weighted by Crippen LogP contribution is -2.14. The van der Waals surface area contributed by atoms with Gasteiger partial charge >= 0.3 is 6.61 Å². The van der Waals surface area contributed by atoms with E-state index in [1.54, 1.807) is 35.7 Å². The van der Waals surface area contributed by atoms with Crippen LogP contribution in [-0.2, 0) is 11.2 Å². The normalized spacial score (nSPS) is 10.6. The number of nitrogens with one attached hydrogen (secondary N) is 1. The van der Waals surface area contributed by atoms with Crippen LogP contribution in [0, 0.1) is 0 Å². The van der Waals surface area contributed by atoms with E-state index in [0.29, 0.717) is 39.2 Å². The minimum Gasteiger partial charge on any atom is -0.493 e. The standard InChI is InChI=1S/C21H20F2N2O5S/c1-27-16-8-12(9-17(28-2)19(16)29-3)10-18(26)25-21-24-14(11-31-21)13-6-4-5-7-15(13)30-20(22)23/h4-9,11,20H,10H2,1-3H3,(H,24,25,26). The Labute approximate surface area is 181 Å². The number of aromatic nitrogens is 1. The van der Waals surface area contributed by atoms with E-state index in [9.17, 15) is 13.6 Å². The maximum absolute atomic E-state index is 12.6. The molecule has 1 heterocycles. The Balaban J connectivity index is 1.74. The van der Waals surface area contributed by atoms with Crippen molar-refractivity contribution < 1.29 is 32.5 Å². The second-order valence-corrected chi connectivity index (χ2v) is 7.03. The Bertz CT molecular complexity index is 1030. The number of rotatable bonds is 9. The fraction of sp³-hybridized carbons (Fsp3) is 0.238. The molecule has 164 valence electrons. The van der Waals surface area contributed by atoms with Gasteiger partial charge in [0.1, 0.15) is 5.75 Å². The highest BCUT2D eigenvalue weighted by atomic mass is 32.1. The third kappa shape index (κ3) is 5.40. The fourth-order valence-electron chi connectivity index (χ4n) is 2.92. The lowest BCUT2D eigenvalue weighted by atomic mass is 10.1. The highest BCUT2D eigenvalue weighted by molar-refractivity contribution is 7.14. The molecule has 3 aromatic rings. The molecule has 10 heteroatoms. The molecule has 0 bridgehead atoms. The summed E-state index contributed by atoms with van der Waals surface area (Å²) in [4.78, 5) is 16.8. The summed E-state index contributed by atoms with van der Waals surface area (Å²) in [7, 11) is 4.49. The first-order valence-corrected chi connectivity index (χ1v) is 9.91. The van der Waals surface area contributed by atoms with Gasteiger partial charge in [-0.15, -0.1) is 11.3 Å². The number of hydrogen-bond donors (Lipinski definition) is 1. The molecule has 0 radical (unpaired) electrons. The molecule has 0 unspecified atom stereocenters. The number of ether oxygens (including phenoxy) is 4. The molecular weight excluding hydrogens is 430 g/mol. The number of nitrogens with zero attached hydrogens (tertiary/aromatic N) is 1. The lowest BCUT2D eigenvalue weighted by molar-refractivity contribution is -0.115. The average molecular weight is 450 g/mol. The highest BCUT2D eigenvalue weighted by Crippen LogP contribution is 2.38. The molecule has 1 aromatic heterocycles. The molecule has 0 atom stereocenters. The van der Waals surface area contributed by atoms with Gasteiger partial charge in [-0.2, -0.15) is 8.78 Å². The Kier molecular flexibility index (Phi) is 7.24. The maximum atomic E-state index is 12.6. The number of thiazole rings is 1. The van der Waals surface area contributed by atoms with Gasteiger partial charge in [0.15, 0.2) is 16.6 Å². The van der Waals surface area contributed by atoms with Crippen LogP contribution in [0.15, 0.2) is 41.8 Å². The van der Waals surface area contributed by atoms with Crippen LogP contribution < -0.4 is 24.3 Å². The van der Waals surface area contributed by atoms with Gasteiger partial charge in [-0.3, -0.25) is 4.79 Å². The molecule has 31 heavy (non-hydrogen) atoms. The van der Waals surface area contributed by atoms with Gasteiger partial charge in [-0.05, 0) is 29.8 Å². The quantitative estimate of drug-likeness (QED) is 0.513. The monoisotopic (exact) mass is 450 g/mol.